The Kier molecular flexibility index (Phi) is 2.77. The van der Waals surface area contributed by atoms with Crippen LogP contribution in [0.2, 0.25) is 0 Å². The fourth-order valence-electron chi connectivity index (χ4n) is 1.84. The highest BCUT2D eigenvalue weighted by Gasteiger charge is 2.33. The molecule has 0 amide bonds. The van der Waals surface area contributed by atoms with Gasteiger partial charge >= 0.3 is 0 Å². The summed E-state index contributed by atoms with van der Waals surface area (Å²) in [7, 11) is 0. The maximum absolute atomic E-state index is 9.09. The van der Waals surface area contributed by atoms with Crippen LogP contribution in [0.3, 0.4) is 0 Å². The summed E-state index contributed by atoms with van der Waals surface area (Å²) in [6.45, 7) is 0. The highest BCUT2D eigenvalue weighted by atomic mass is 15.2. The molecular formula is C12H13N3. The zero-order chi connectivity index (χ0) is 10.6. The van der Waals surface area contributed by atoms with Crippen molar-refractivity contribution >= 4 is 5.69 Å². The third-order valence-electron chi connectivity index (χ3n) is 2.75. The lowest BCUT2D eigenvalue weighted by Crippen LogP contribution is -2.17. The number of azo groups is 1. The second-order valence-corrected chi connectivity index (χ2v) is 3.89. The zero-order valence-electron chi connectivity index (χ0n) is 8.56. The van der Waals surface area contributed by atoms with Crippen molar-refractivity contribution in [2.75, 3.05) is 0 Å². The quantitative estimate of drug-likeness (QED) is 0.671. The van der Waals surface area contributed by atoms with Crippen LogP contribution in [0.4, 0.5) is 5.69 Å². The van der Waals surface area contributed by atoms with Crippen LogP contribution in [0.1, 0.15) is 25.7 Å². The van der Waals surface area contributed by atoms with Gasteiger partial charge in [-0.25, -0.2) is 0 Å². The van der Waals surface area contributed by atoms with Crippen LogP contribution in [-0.4, -0.2) is 5.54 Å². The predicted molar refractivity (Wildman–Crippen MR) is 57.8 cm³/mol. The Balaban J connectivity index is 2.14. The number of benzene rings is 1. The molecule has 3 nitrogen and oxygen atoms in total. The van der Waals surface area contributed by atoms with Crippen LogP contribution < -0.4 is 0 Å². The summed E-state index contributed by atoms with van der Waals surface area (Å²) in [5.74, 6) is 0. The van der Waals surface area contributed by atoms with Gasteiger partial charge in [0.2, 0.25) is 0 Å². The normalized spacial score (nSPS) is 19.1. The molecule has 0 aromatic heterocycles. The first kappa shape index (κ1) is 9.85. The van der Waals surface area contributed by atoms with Crippen molar-refractivity contribution < 1.29 is 0 Å². The van der Waals surface area contributed by atoms with Crippen molar-refractivity contribution in [3.63, 3.8) is 0 Å². The molecule has 1 aromatic carbocycles. The van der Waals surface area contributed by atoms with E-state index in [-0.39, 0.29) is 0 Å². The Labute approximate surface area is 89.5 Å². The second kappa shape index (κ2) is 4.22. The van der Waals surface area contributed by atoms with Crippen molar-refractivity contribution in [3.05, 3.63) is 30.3 Å². The average Bonchev–Trinajstić information content (AvgIpc) is 2.77. The van der Waals surface area contributed by atoms with E-state index in [4.69, 9.17) is 5.26 Å². The van der Waals surface area contributed by atoms with Crippen LogP contribution in [0.5, 0.6) is 0 Å². The molecule has 1 saturated carbocycles. The summed E-state index contributed by atoms with van der Waals surface area (Å²) in [5, 5.41) is 17.4. The van der Waals surface area contributed by atoms with Gasteiger partial charge in [0, 0.05) is 0 Å². The summed E-state index contributed by atoms with van der Waals surface area (Å²) < 4.78 is 0. The van der Waals surface area contributed by atoms with E-state index in [1.165, 1.54) is 0 Å². The van der Waals surface area contributed by atoms with Crippen molar-refractivity contribution in [2.45, 2.75) is 31.2 Å². The summed E-state index contributed by atoms with van der Waals surface area (Å²) in [6, 6.07) is 11.8. The Hall–Kier alpha value is -1.69. The summed E-state index contributed by atoms with van der Waals surface area (Å²) >= 11 is 0. The Morgan fingerprint density at radius 1 is 1.13 bits per heavy atom. The molecule has 0 spiro atoms. The van der Waals surface area contributed by atoms with E-state index in [1.807, 2.05) is 30.3 Å². The van der Waals surface area contributed by atoms with Gasteiger partial charge in [-0.1, -0.05) is 18.2 Å². The number of hydrogen-bond acceptors (Lipinski definition) is 3. The summed E-state index contributed by atoms with van der Waals surface area (Å²) in [4.78, 5) is 0. The van der Waals surface area contributed by atoms with Crippen molar-refractivity contribution in [2.24, 2.45) is 10.2 Å². The van der Waals surface area contributed by atoms with Crippen molar-refractivity contribution in [1.82, 2.24) is 0 Å². The monoisotopic (exact) mass is 199 g/mol. The van der Waals surface area contributed by atoms with E-state index in [0.29, 0.717) is 0 Å². The first-order valence-corrected chi connectivity index (χ1v) is 5.24. The first-order chi connectivity index (χ1) is 7.35. The molecule has 1 aliphatic carbocycles. The lowest BCUT2D eigenvalue weighted by atomic mass is 10.0. The Morgan fingerprint density at radius 2 is 1.80 bits per heavy atom. The third-order valence-corrected chi connectivity index (χ3v) is 2.75. The van der Waals surface area contributed by atoms with Gasteiger partial charge in [-0.3, -0.25) is 0 Å². The van der Waals surface area contributed by atoms with E-state index in [1.54, 1.807) is 0 Å². The van der Waals surface area contributed by atoms with Gasteiger partial charge in [-0.05, 0) is 37.8 Å². The molecule has 0 atom stereocenters. The molecule has 0 aliphatic heterocycles. The predicted octanol–water partition coefficient (Wildman–Crippen LogP) is 3.61. The van der Waals surface area contributed by atoms with Crippen LogP contribution in [0, 0.1) is 11.3 Å². The standard InChI is InChI=1S/C12H13N3/c13-10-12(8-4-5-9-12)15-14-11-6-2-1-3-7-11/h1-3,6-7H,4-5,8-9H2. The molecule has 3 heteroatoms. The fraction of sp³-hybridized carbons (Fsp3) is 0.417. The highest BCUT2D eigenvalue weighted by molar-refractivity contribution is 5.35. The highest BCUT2D eigenvalue weighted by Crippen LogP contribution is 2.33. The molecule has 1 aromatic rings. The number of hydrogen-bond donors (Lipinski definition) is 0. The number of nitriles is 1. The van der Waals surface area contributed by atoms with E-state index >= 15 is 0 Å². The van der Waals surface area contributed by atoms with Crippen molar-refractivity contribution in [3.8, 4) is 6.07 Å². The molecule has 15 heavy (non-hydrogen) atoms. The average molecular weight is 199 g/mol. The smallest absolute Gasteiger partial charge is 0.167 e. The van der Waals surface area contributed by atoms with Crippen LogP contribution in [0.15, 0.2) is 40.6 Å². The largest absolute Gasteiger partial charge is 0.196 e. The zero-order valence-corrected chi connectivity index (χ0v) is 8.56. The SMILES string of the molecule is N#CC1(N=Nc2ccccc2)CCCC1. The van der Waals surface area contributed by atoms with E-state index < -0.39 is 5.54 Å². The topological polar surface area (TPSA) is 48.5 Å². The van der Waals surface area contributed by atoms with E-state index in [9.17, 15) is 0 Å². The van der Waals surface area contributed by atoms with Crippen LogP contribution >= 0.6 is 0 Å². The molecule has 0 heterocycles. The summed E-state index contributed by atoms with van der Waals surface area (Å²) in [6.07, 6.45) is 3.86. The molecule has 0 radical (unpaired) electrons. The third kappa shape index (κ3) is 2.21. The Morgan fingerprint density at radius 3 is 2.40 bits per heavy atom. The molecule has 1 fully saturated rings. The van der Waals surface area contributed by atoms with Gasteiger partial charge < -0.3 is 0 Å². The molecule has 0 saturated heterocycles. The van der Waals surface area contributed by atoms with Gasteiger partial charge in [-0.15, -0.1) is 0 Å². The lowest BCUT2D eigenvalue weighted by Gasteiger charge is -2.11. The van der Waals surface area contributed by atoms with Gasteiger partial charge in [0.05, 0.1) is 11.8 Å². The number of nitrogens with zero attached hydrogens (tertiary/aromatic N) is 3. The molecule has 1 aliphatic rings. The minimum Gasteiger partial charge on any atom is -0.196 e. The van der Waals surface area contributed by atoms with Gasteiger partial charge in [0.15, 0.2) is 5.54 Å². The molecular weight excluding hydrogens is 186 g/mol. The summed E-state index contributed by atoms with van der Waals surface area (Å²) in [5.41, 5.74) is 0.273. The van der Waals surface area contributed by atoms with Gasteiger partial charge in [-0.2, -0.15) is 15.5 Å². The lowest BCUT2D eigenvalue weighted by molar-refractivity contribution is 0.540. The molecule has 0 bridgehead atoms. The second-order valence-electron chi connectivity index (χ2n) is 3.89. The van der Waals surface area contributed by atoms with E-state index in [0.717, 1.165) is 31.4 Å². The van der Waals surface area contributed by atoms with Gasteiger partial charge in [0.25, 0.3) is 0 Å². The maximum Gasteiger partial charge on any atom is 0.167 e. The molecule has 76 valence electrons. The minimum absolute atomic E-state index is 0.546. The van der Waals surface area contributed by atoms with E-state index in [2.05, 4.69) is 16.3 Å². The minimum atomic E-state index is -0.546. The van der Waals surface area contributed by atoms with Crippen LogP contribution in [0.25, 0.3) is 0 Å². The van der Waals surface area contributed by atoms with Gasteiger partial charge in [0.1, 0.15) is 0 Å². The molecule has 2 rings (SSSR count). The molecule has 0 N–H and O–H groups in total. The van der Waals surface area contributed by atoms with Crippen LogP contribution in [-0.2, 0) is 0 Å². The first-order valence-electron chi connectivity index (χ1n) is 5.24. The maximum atomic E-state index is 9.09. The fourth-order valence-corrected chi connectivity index (χ4v) is 1.84. The number of rotatable bonds is 2. The van der Waals surface area contributed by atoms with Crippen molar-refractivity contribution in [1.29, 1.82) is 5.26 Å². The Bertz CT molecular complexity index is 383. The molecule has 0 unspecified atom stereocenters.